The summed E-state index contributed by atoms with van der Waals surface area (Å²) < 4.78 is 7.11. The Morgan fingerprint density at radius 3 is 2.92 bits per heavy atom. The van der Waals surface area contributed by atoms with Gasteiger partial charge in [-0.05, 0) is 48.1 Å². The molecule has 1 fully saturated rings. The summed E-state index contributed by atoms with van der Waals surface area (Å²) in [6.45, 7) is 0.428. The minimum Gasteiger partial charge on any atom is -0.423 e. The summed E-state index contributed by atoms with van der Waals surface area (Å²) in [4.78, 5) is 12.7. The van der Waals surface area contributed by atoms with E-state index in [1.807, 2.05) is 41.1 Å². The molecule has 4 rings (SSSR count). The lowest BCUT2D eigenvalue weighted by molar-refractivity contribution is 0.0921. The van der Waals surface area contributed by atoms with Gasteiger partial charge in [0.1, 0.15) is 5.69 Å². The molecule has 2 aliphatic rings. The molecule has 0 radical (unpaired) electrons. The lowest BCUT2D eigenvalue weighted by atomic mass is 9.79. The fourth-order valence-electron chi connectivity index (χ4n) is 3.65. The third-order valence-corrected chi connectivity index (χ3v) is 4.99. The summed E-state index contributed by atoms with van der Waals surface area (Å²) in [7, 11) is -0.880. The summed E-state index contributed by atoms with van der Waals surface area (Å²) in [5, 5.41) is 13.0. The van der Waals surface area contributed by atoms with Crippen LogP contribution in [-0.2, 0) is 11.3 Å². The second-order valence-electron chi connectivity index (χ2n) is 6.62. The highest BCUT2D eigenvalue weighted by Crippen LogP contribution is 2.20. The first-order valence-electron chi connectivity index (χ1n) is 8.63. The van der Waals surface area contributed by atoms with E-state index in [0.29, 0.717) is 12.3 Å². The lowest BCUT2D eigenvalue weighted by Crippen LogP contribution is -2.37. The molecule has 1 aliphatic heterocycles. The maximum Gasteiger partial charge on any atom is 0.491 e. The average molecular weight is 324 g/mol. The van der Waals surface area contributed by atoms with Crippen molar-refractivity contribution in [2.75, 3.05) is 0 Å². The fourth-order valence-corrected chi connectivity index (χ4v) is 3.65. The van der Waals surface area contributed by atoms with Crippen molar-refractivity contribution in [2.24, 2.45) is 0 Å². The average Bonchev–Trinajstić information content (AvgIpc) is 3.23. The van der Waals surface area contributed by atoms with Crippen LogP contribution >= 0.6 is 0 Å². The molecule has 0 spiro atoms. The molecule has 1 saturated carbocycles. The van der Waals surface area contributed by atoms with E-state index in [1.165, 1.54) is 19.3 Å². The van der Waals surface area contributed by atoms with Crippen molar-refractivity contribution in [3.63, 3.8) is 0 Å². The van der Waals surface area contributed by atoms with E-state index in [0.717, 1.165) is 29.6 Å². The molecule has 0 unspecified atom stereocenters. The van der Waals surface area contributed by atoms with E-state index >= 15 is 0 Å². The number of aromatic nitrogens is 1. The van der Waals surface area contributed by atoms with E-state index in [4.69, 9.17) is 4.65 Å². The van der Waals surface area contributed by atoms with Gasteiger partial charge in [0.05, 0.1) is 6.61 Å². The zero-order valence-electron chi connectivity index (χ0n) is 13.6. The van der Waals surface area contributed by atoms with Gasteiger partial charge in [-0.3, -0.25) is 4.79 Å². The Bertz CT molecular complexity index is 752. The highest BCUT2D eigenvalue weighted by Gasteiger charge is 2.28. The first kappa shape index (κ1) is 15.5. The Kier molecular flexibility index (Phi) is 4.16. The third-order valence-electron chi connectivity index (χ3n) is 4.99. The highest BCUT2D eigenvalue weighted by molar-refractivity contribution is 6.61. The number of rotatable bonds is 3. The minimum atomic E-state index is -0.880. The number of carbonyl (C=O) groups is 1. The number of nitrogens with one attached hydrogen (secondary N) is 1. The van der Waals surface area contributed by atoms with Gasteiger partial charge >= 0.3 is 7.12 Å². The van der Waals surface area contributed by atoms with Gasteiger partial charge in [0.2, 0.25) is 0 Å². The molecular formula is C18H21BN2O3. The Morgan fingerprint density at radius 1 is 1.25 bits per heavy atom. The Hall–Kier alpha value is -2.05. The zero-order chi connectivity index (χ0) is 16.5. The Balaban J connectivity index is 1.58. The first-order chi connectivity index (χ1) is 11.7. The van der Waals surface area contributed by atoms with Crippen LogP contribution in [0.3, 0.4) is 0 Å². The van der Waals surface area contributed by atoms with Crippen molar-refractivity contribution in [2.45, 2.75) is 44.8 Å². The third kappa shape index (κ3) is 2.87. The Morgan fingerprint density at radius 2 is 2.08 bits per heavy atom. The quantitative estimate of drug-likeness (QED) is 0.846. The summed E-state index contributed by atoms with van der Waals surface area (Å²) in [5.41, 5.74) is 3.25. The lowest BCUT2D eigenvalue weighted by Gasteiger charge is -2.23. The number of benzene rings is 1. The van der Waals surface area contributed by atoms with Crippen molar-refractivity contribution >= 4 is 18.5 Å². The number of hydrogen-bond acceptors (Lipinski definition) is 3. The predicted octanol–water partition coefficient (Wildman–Crippen LogP) is 1.76. The van der Waals surface area contributed by atoms with Crippen molar-refractivity contribution in [3.8, 4) is 5.69 Å². The molecule has 5 nitrogen and oxygen atoms in total. The van der Waals surface area contributed by atoms with Gasteiger partial charge in [-0.2, -0.15) is 0 Å². The molecule has 1 aromatic heterocycles. The van der Waals surface area contributed by atoms with Crippen LogP contribution in [0.4, 0.5) is 0 Å². The number of nitrogens with zero attached hydrogens (tertiary/aromatic N) is 1. The zero-order valence-corrected chi connectivity index (χ0v) is 13.6. The van der Waals surface area contributed by atoms with Gasteiger partial charge in [0, 0.05) is 17.9 Å². The van der Waals surface area contributed by atoms with E-state index in [9.17, 15) is 9.82 Å². The van der Waals surface area contributed by atoms with Crippen LogP contribution in [0.25, 0.3) is 5.69 Å². The molecule has 6 heteroatoms. The van der Waals surface area contributed by atoms with Crippen molar-refractivity contribution in [1.29, 1.82) is 0 Å². The minimum absolute atomic E-state index is 0.0378. The second-order valence-corrected chi connectivity index (χ2v) is 6.62. The number of amides is 1. The molecule has 0 bridgehead atoms. The van der Waals surface area contributed by atoms with Crippen LogP contribution in [0.5, 0.6) is 0 Å². The SMILES string of the molecule is O=C(NC1CCCCC1)c1cccn1-c1ccc2c(c1)B(O)OC2. The maximum absolute atomic E-state index is 12.7. The monoisotopic (exact) mass is 324 g/mol. The molecule has 2 aromatic rings. The van der Waals surface area contributed by atoms with E-state index < -0.39 is 7.12 Å². The largest absolute Gasteiger partial charge is 0.491 e. The highest BCUT2D eigenvalue weighted by atomic mass is 16.5. The molecule has 1 amide bonds. The summed E-state index contributed by atoms with van der Waals surface area (Å²) >= 11 is 0. The summed E-state index contributed by atoms with van der Waals surface area (Å²) in [6, 6.07) is 9.78. The van der Waals surface area contributed by atoms with Gasteiger partial charge in [-0.1, -0.05) is 25.3 Å². The van der Waals surface area contributed by atoms with Crippen molar-refractivity contribution < 1.29 is 14.5 Å². The van der Waals surface area contributed by atoms with Crippen LogP contribution in [0, 0.1) is 0 Å². The van der Waals surface area contributed by atoms with Crippen LogP contribution in [0.1, 0.15) is 48.2 Å². The first-order valence-corrected chi connectivity index (χ1v) is 8.63. The molecule has 1 aliphatic carbocycles. The standard InChI is InChI=1S/C18H21BN2O3/c22-18(20-14-5-2-1-3-6-14)17-7-4-10-21(17)15-9-8-13-12-24-19(23)16(13)11-15/h4,7-11,14,23H,1-3,5-6,12H2,(H,20,22). The van der Waals surface area contributed by atoms with Gasteiger partial charge in [-0.25, -0.2) is 0 Å². The summed E-state index contributed by atoms with van der Waals surface area (Å²) in [6.07, 6.45) is 7.65. The molecule has 1 aromatic carbocycles. The molecule has 24 heavy (non-hydrogen) atoms. The topological polar surface area (TPSA) is 63.5 Å². The number of carbonyl (C=O) groups excluding carboxylic acids is 1. The van der Waals surface area contributed by atoms with Crippen molar-refractivity contribution in [3.05, 3.63) is 47.8 Å². The Labute approximate surface area is 141 Å². The molecule has 0 atom stereocenters. The normalized spacial score (nSPS) is 17.8. The van der Waals surface area contributed by atoms with Gasteiger partial charge < -0.3 is 19.6 Å². The molecule has 2 N–H and O–H groups in total. The van der Waals surface area contributed by atoms with Crippen LogP contribution in [-0.4, -0.2) is 28.7 Å². The molecular weight excluding hydrogens is 303 g/mol. The van der Waals surface area contributed by atoms with Crippen LogP contribution in [0.2, 0.25) is 0 Å². The van der Waals surface area contributed by atoms with Gasteiger partial charge in [0.25, 0.3) is 5.91 Å². The van der Waals surface area contributed by atoms with Crippen LogP contribution < -0.4 is 10.8 Å². The van der Waals surface area contributed by atoms with Crippen molar-refractivity contribution in [1.82, 2.24) is 9.88 Å². The van der Waals surface area contributed by atoms with Gasteiger partial charge in [-0.15, -0.1) is 0 Å². The second kappa shape index (κ2) is 6.45. The fraction of sp³-hybridized carbons (Fsp3) is 0.389. The van der Waals surface area contributed by atoms with E-state index in [2.05, 4.69) is 5.32 Å². The summed E-state index contributed by atoms with van der Waals surface area (Å²) in [5.74, 6) is -0.0378. The van der Waals surface area contributed by atoms with E-state index in [-0.39, 0.29) is 11.9 Å². The van der Waals surface area contributed by atoms with E-state index in [1.54, 1.807) is 0 Å². The molecule has 124 valence electrons. The van der Waals surface area contributed by atoms with Gasteiger partial charge in [0.15, 0.2) is 0 Å². The smallest absolute Gasteiger partial charge is 0.423 e. The molecule has 2 heterocycles. The predicted molar refractivity (Wildman–Crippen MR) is 92.5 cm³/mol. The number of hydrogen-bond donors (Lipinski definition) is 2. The van der Waals surface area contributed by atoms with Crippen LogP contribution in [0.15, 0.2) is 36.5 Å². The maximum atomic E-state index is 12.7. The number of fused-ring (bicyclic) bond motifs is 1. The molecule has 0 saturated heterocycles.